The number of morpholine rings is 1. The Labute approximate surface area is 94.6 Å². The van der Waals surface area contributed by atoms with Crippen LogP contribution in [0, 0.1) is 0 Å². The summed E-state index contributed by atoms with van der Waals surface area (Å²) in [5, 5.41) is 12.6. The lowest BCUT2D eigenvalue weighted by Crippen LogP contribution is -2.50. The Kier molecular flexibility index (Phi) is 5.37. The minimum atomic E-state index is -0.724. The van der Waals surface area contributed by atoms with Crippen molar-refractivity contribution in [2.24, 2.45) is 0 Å². The summed E-state index contributed by atoms with van der Waals surface area (Å²) in [5.41, 5.74) is 0. The third-order valence-corrected chi connectivity index (χ3v) is 2.25. The Hall–Kier alpha value is -0.980. The van der Waals surface area contributed by atoms with Gasteiger partial charge in [0.2, 0.25) is 0 Å². The zero-order valence-electron chi connectivity index (χ0n) is 9.44. The van der Waals surface area contributed by atoms with E-state index in [-0.39, 0.29) is 31.6 Å². The van der Waals surface area contributed by atoms with Gasteiger partial charge in [0.15, 0.2) is 0 Å². The van der Waals surface area contributed by atoms with Gasteiger partial charge in [-0.1, -0.05) is 6.92 Å². The van der Waals surface area contributed by atoms with Crippen molar-refractivity contribution in [3.05, 3.63) is 0 Å². The predicted molar refractivity (Wildman–Crippen MR) is 56.7 cm³/mol. The molecule has 0 saturated carbocycles. The molecule has 0 bridgehead atoms. The van der Waals surface area contributed by atoms with Crippen molar-refractivity contribution in [1.29, 1.82) is 0 Å². The van der Waals surface area contributed by atoms with Crippen LogP contribution in [-0.2, 0) is 14.3 Å². The van der Waals surface area contributed by atoms with E-state index in [9.17, 15) is 14.7 Å². The summed E-state index contributed by atoms with van der Waals surface area (Å²) < 4.78 is 4.77. The molecular formula is C10H18N2O4. The third kappa shape index (κ3) is 3.88. The average Bonchev–Trinajstić information content (AvgIpc) is 2.24. The molecule has 6 heteroatoms. The summed E-state index contributed by atoms with van der Waals surface area (Å²) in [6.45, 7) is 3.08. The minimum absolute atomic E-state index is 0.0394. The number of β-amino-alcohol motifs (C(OH)–C–C–N with tert-alkyl or cyclic N) is 1. The number of ether oxygens (including phenoxy) is 1. The molecule has 0 aromatic rings. The molecule has 0 aromatic carbocycles. The van der Waals surface area contributed by atoms with Crippen LogP contribution < -0.4 is 5.32 Å². The molecule has 92 valence electrons. The second-order valence-corrected chi connectivity index (χ2v) is 3.75. The van der Waals surface area contributed by atoms with Crippen molar-refractivity contribution in [2.75, 3.05) is 32.8 Å². The van der Waals surface area contributed by atoms with E-state index >= 15 is 0 Å². The average molecular weight is 230 g/mol. The van der Waals surface area contributed by atoms with E-state index < -0.39 is 6.10 Å². The second-order valence-electron chi connectivity index (χ2n) is 3.75. The minimum Gasteiger partial charge on any atom is -0.390 e. The Morgan fingerprint density at radius 2 is 2.06 bits per heavy atom. The molecule has 1 atom stereocenters. The molecule has 16 heavy (non-hydrogen) atoms. The number of nitrogens with zero attached hydrogens (tertiary/aromatic N) is 1. The number of imide groups is 1. The van der Waals surface area contributed by atoms with Gasteiger partial charge >= 0.3 is 0 Å². The fraction of sp³-hybridized carbons (Fsp3) is 0.800. The highest BCUT2D eigenvalue weighted by atomic mass is 16.5. The first-order chi connectivity index (χ1) is 7.65. The van der Waals surface area contributed by atoms with Crippen molar-refractivity contribution in [2.45, 2.75) is 19.4 Å². The van der Waals surface area contributed by atoms with Crippen LogP contribution in [0.4, 0.5) is 0 Å². The van der Waals surface area contributed by atoms with Gasteiger partial charge in [0.1, 0.15) is 13.2 Å². The zero-order chi connectivity index (χ0) is 12.0. The lowest BCUT2D eigenvalue weighted by atomic mass is 10.3. The van der Waals surface area contributed by atoms with Gasteiger partial charge in [-0.2, -0.15) is 0 Å². The Morgan fingerprint density at radius 3 is 2.62 bits per heavy atom. The topological polar surface area (TPSA) is 78.9 Å². The van der Waals surface area contributed by atoms with Crippen LogP contribution in [0.1, 0.15) is 13.3 Å². The second kappa shape index (κ2) is 6.57. The van der Waals surface area contributed by atoms with Gasteiger partial charge in [0.05, 0.1) is 12.6 Å². The fourth-order valence-electron chi connectivity index (χ4n) is 1.44. The number of carbonyl (C=O) groups is 2. The Balaban J connectivity index is 2.33. The van der Waals surface area contributed by atoms with Gasteiger partial charge in [-0.25, -0.2) is 0 Å². The van der Waals surface area contributed by atoms with Gasteiger partial charge < -0.3 is 15.2 Å². The van der Waals surface area contributed by atoms with Crippen molar-refractivity contribution in [3.8, 4) is 0 Å². The summed E-state index contributed by atoms with van der Waals surface area (Å²) in [5.74, 6) is -0.767. The van der Waals surface area contributed by atoms with Crippen LogP contribution in [0.15, 0.2) is 0 Å². The molecule has 1 aliphatic rings. The first kappa shape index (κ1) is 13.1. The van der Waals surface area contributed by atoms with E-state index in [1.807, 2.05) is 6.92 Å². The highest BCUT2D eigenvalue weighted by Gasteiger charge is 2.28. The number of amides is 2. The summed E-state index contributed by atoms with van der Waals surface area (Å²) >= 11 is 0. The van der Waals surface area contributed by atoms with Crippen LogP contribution in [0.5, 0.6) is 0 Å². The molecule has 0 aliphatic carbocycles. The van der Waals surface area contributed by atoms with E-state index in [1.54, 1.807) is 0 Å². The molecule has 0 aromatic heterocycles. The molecule has 1 saturated heterocycles. The number of nitrogens with one attached hydrogen (secondary N) is 1. The van der Waals surface area contributed by atoms with Gasteiger partial charge in [-0.15, -0.1) is 0 Å². The van der Waals surface area contributed by atoms with Crippen LogP contribution in [0.25, 0.3) is 0 Å². The molecule has 1 fully saturated rings. The SMILES string of the molecule is CCCNCC(O)CN1C(=O)COCC1=O. The molecule has 1 aliphatic heterocycles. The van der Waals surface area contributed by atoms with Crippen LogP contribution in [0.2, 0.25) is 0 Å². The van der Waals surface area contributed by atoms with Gasteiger partial charge in [0.25, 0.3) is 11.8 Å². The summed E-state index contributed by atoms with van der Waals surface area (Å²) in [6, 6.07) is 0. The Morgan fingerprint density at radius 1 is 1.44 bits per heavy atom. The van der Waals surface area contributed by atoms with E-state index in [4.69, 9.17) is 4.74 Å². The largest absolute Gasteiger partial charge is 0.390 e. The van der Waals surface area contributed by atoms with Crippen molar-refractivity contribution in [1.82, 2.24) is 10.2 Å². The highest BCUT2D eigenvalue weighted by Crippen LogP contribution is 2.02. The van der Waals surface area contributed by atoms with Gasteiger partial charge in [0, 0.05) is 6.54 Å². The lowest BCUT2D eigenvalue weighted by molar-refractivity contribution is -0.160. The standard InChI is InChI=1S/C10H18N2O4/c1-2-3-11-4-8(13)5-12-9(14)6-16-7-10(12)15/h8,11,13H,2-7H2,1H3. The third-order valence-electron chi connectivity index (χ3n) is 2.25. The maximum atomic E-state index is 11.3. The number of hydrogen-bond acceptors (Lipinski definition) is 5. The maximum Gasteiger partial charge on any atom is 0.255 e. The summed E-state index contributed by atoms with van der Waals surface area (Å²) in [4.78, 5) is 23.7. The van der Waals surface area contributed by atoms with E-state index in [0.29, 0.717) is 6.54 Å². The van der Waals surface area contributed by atoms with Crippen molar-refractivity contribution >= 4 is 11.8 Å². The predicted octanol–water partition coefficient (Wildman–Crippen LogP) is -1.27. The van der Waals surface area contributed by atoms with E-state index in [0.717, 1.165) is 17.9 Å². The lowest BCUT2D eigenvalue weighted by Gasteiger charge is -2.27. The monoisotopic (exact) mass is 230 g/mol. The molecule has 6 nitrogen and oxygen atoms in total. The number of carbonyl (C=O) groups excluding carboxylic acids is 2. The highest BCUT2D eigenvalue weighted by molar-refractivity contribution is 5.98. The van der Waals surface area contributed by atoms with Crippen LogP contribution in [-0.4, -0.2) is 60.8 Å². The van der Waals surface area contributed by atoms with Gasteiger partial charge in [-0.05, 0) is 13.0 Å². The molecule has 0 spiro atoms. The van der Waals surface area contributed by atoms with E-state index in [2.05, 4.69) is 5.32 Å². The normalized spacial score (nSPS) is 19.0. The van der Waals surface area contributed by atoms with Crippen LogP contribution in [0.3, 0.4) is 0 Å². The number of rotatable bonds is 6. The molecule has 1 rings (SSSR count). The maximum absolute atomic E-state index is 11.3. The molecule has 1 heterocycles. The quantitative estimate of drug-likeness (QED) is 0.439. The number of hydrogen-bond donors (Lipinski definition) is 2. The molecule has 2 amide bonds. The van der Waals surface area contributed by atoms with E-state index in [1.165, 1.54) is 0 Å². The van der Waals surface area contributed by atoms with Crippen molar-refractivity contribution in [3.63, 3.8) is 0 Å². The molecule has 1 unspecified atom stereocenters. The fourth-order valence-corrected chi connectivity index (χ4v) is 1.44. The molecule has 0 radical (unpaired) electrons. The smallest absolute Gasteiger partial charge is 0.255 e. The zero-order valence-corrected chi connectivity index (χ0v) is 9.44. The van der Waals surface area contributed by atoms with Crippen LogP contribution >= 0.6 is 0 Å². The summed E-state index contributed by atoms with van der Waals surface area (Å²) in [6.07, 6.45) is 0.250. The molecular weight excluding hydrogens is 212 g/mol. The number of aliphatic hydroxyl groups is 1. The molecule has 2 N–H and O–H groups in total. The van der Waals surface area contributed by atoms with Gasteiger partial charge in [-0.3, -0.25) is 14.5 Å². The first-order valence-electron chi connectivity index (χ1n) is 5.45. The Bertz CT molecular complexity index is 241. The number of aliphatic hydroxyl groups excluding tert-OH is 1. The summed E-state index contributed by atoms with van der Waals surface area (Å²) in [7, 11) is 0. The first-order valence-corrected chi connectivity index (χ1v) is 5.45. The van der Waals surface area contributed by atoms with Crippen molar-refractivity contribution < 1.29 is 19.4 Å².